The zero-order chi connectivity index (χ0) is 18.9. The van der Waals surface area contributed by atoms with E-state index in [0.29, 0.717) is 31.6 Å². The molecular formula is C19H16F4N2O. The lowest BCUT2D eigenvalue weighted by Crippen LogP contribution is -2.33. The summed E-state index contributed by atoms with van der Waals surface area (Å²) in [7, 11) is 0. The molecule has 136 valence electrons. The van der Waals surface area contributed by atoms with Gasteiger partial charge in [0.25, 0.3) is 0 Å². The molecule has 0 amide bonds. The van der Waals surface area contributed by atoms with Crippen LogP contribution in [0.5, 0.6) is 5.75 Å². The second kappa shape index (κ2) is 6.87. The summed E-state index contributed by atoms with van der Waals surface area (Å²) in [5, 5.41) is 18.1. The lowest BCUT2D eigenvalue weighted by atomic mass is 9.89. The van der Waals surface area contributed by atoms with Crippen molar-refractivity contribution in [1.29, 1.82) is 5.26 Å². The molecule has 0 aromatic heterocycles. The summed E-state index contributed by atoms with van der Waals surface area (Å²) in [5.74, 6) is -0.989. The first-order chi connectivity index (χ1) is 12.3. The zero-order valence-corrected chi connectivity index (χ0v) is 13.7. The molecule has 26 heavy (non-hydrogen) atoms. The van der Waals surface area contributed by atoms with E-state index in [1.807, 2.05) is 4.90 Å². The van der Waals surface area contributed by atoms with Gasteiger partial charge in [-0.2, -0.15) is 18.4 Å². The van der Waals surface area contributed by atoms with E-state index in [1.165, 1.54) is 24.3 Å². The number of halogens is 4. The minimum atomic E-state index is -4.58. The fourth-order valence-corrected chi connectivity index (χ4v) is 3.31. The number of nitrogens with zero attached hydrogens (tertiary/aromatic N) is 2. The van der Waals surface area contributed by atoms with Crippen LogP contribution in [0.15, 0.2) is 36.4 Å². The molecule has 3 nitrogen and oxygen atoms in total. The van der Waals surface area contributed by atoms with Crippen LogP contribution in [-0.2, 0) is 6.18 Å². The van der Waals surface area contributed by atoms with Crippen molar-refractivity contribution in [3.63, 3.8) is 0 Å². The molecule has 0 bridgehead atoms. The summed E-state index contributed by atoms with van der Waals surface area (Å²) in [6, 6.07) is 9.59. The first-order valence-electron chi connectivity index (χ1n) is 8.14. The monoisotopic (exact) mass is 364 g/mol. The van der Waals surface area contributed by atoms with Gasteiger partial charge in [-0.15, -0.1) is 0 Å². The SMILES string of the molecule is N#Cc1ccc(N2CCC(c3ccc(O)c(F)c3)CC2)cc1C(F)(F)F. The van der Waals surface area contributed by atoms with Gasteiger partial charge >= 0.3 is 6.18 Å². The Balaban J connectivity index is 1.76. The highest BCUT2D eigenvalue weighted by atomic mass is 19.4. The number of phenols is 1. The number of hydrogen-bond acceptors (Lipinski definition) is 3. The second-order valence-corrected chi connectivity index (χ2v) is 6.31. The minimum absolute atomic E-state index is 0.0850. The van der Waals surface area contributed by atoms with Gasteiger partial charge in [-0.25, -0.2) is 4.39 Å². The molecule has 0 spiro atoms. The van der Waals surface area contributed by atoms with Gasteiger partial charge in [0.2, 0.25) is 0 Å². The molecule has 0 saturated carbocycles. The Labute approximate surface area is 148 Å². The van der Waals surface area contributed by atoms with Crippen LogP contribution >= 0.6 is 0 Å². The number of anilines is 1. The van der Waals surface area contributed by atoms with Crippen LogP contribution in [0.1, 0.15) is 35.4 Å². The summed E-state index contributed by atoms with van der Waals surface area (Å²) >= 11 is 0. The highest BCUT2D eigenvalue weighted by Gasteiger charge is 2.34. The Bertz CT molecular complexity index is 850. The quantitative estimate of drug-likeness (QED) is 0.779. The molecule has 0 unspecified atom stereocenters. The first kappa shape index (κ1) is 18.1. The van der Waals surface area contributed by atoms with Crippen LogP contribution in [-0.4, -0.2) is 18.2 Å². The van der Waals surface area contributed by atoms with Crippen molar-refractivity contribution in [3.8, 4) is 11.8 Å². The Morgan fingerprint density at radius 2 is 1.77 bits per heavy atom. The molecule has 2 aromatic rings. The number of phenolic OH excluding ortho intramolecular Hbond substituents is 1. The Morgan fingerprint density at radius 1 is 1.08 bits per heavy atom. The lowest BCUT2D eigenvalue weighted by molar-refractivity contribution is -0.137. The van der Waals surface area contributed by atoms with Gasteiger partial charge in [0.05, 0.1) is 17.2 Å². The van der Waals surface area contributed by atoms with Crippen molar-refractivity contribution in [3.05, 3.63) is 58.9 Å². The summed E-state index contributed by atoms with van der Waals surface area (Å²) in [6.45, 7) is 1.05. The smallest absolute Gasteiger partial charge is 0.417 e. The Hall–Kier alpha value is -2.75. The van der Waals surface area contributed by atoms with Crippen molar-refractivity contribution < 1.29 is 22.7 Å². The van der Waals surface area contributed by atoms with Gasteiger partial charge in [0.1, 0.15) is 0 Å². The zero-order valence-electron chi connectivity index (χ0n) is 13.7. The number of alkyl halides is 3. The number of rotatable bonds is 2. The molecule has 2 aromatic carbocycles. The molecule has 1 aliphatic heterocycles. The fraction of sp³-hybridized carbons (Fsp3) is 0.316. The maximum Gasteiger partial charge on any atom is 0.417 e. The van der Waals surface area contributed by atoms with Gasteiger partial charge in [-0.1, -0.05) is 6.07 Å². The summed E-state index contributed by atoms with van der Waals surface area (Å²) in [6.07, 6.45) is -3.26. The van der Waals surface area contributed by atoms with Gasteiger partial charge in [-0.3, -0.25) is 0 Å². The topological polar surface area (TPSA) is 47.3 Å². The molecule has 1 heterocycles. The van der Waals surface area contributed by atoms with E-state index in [2.05, 4.69) is 0 Å². The average Bonchev–Trinajstić information content (AvgIpc) is 2.63. The number of piperidine rings is 1. The van der Waals surface area contributed by atoms with Gasteiger partial charge in [0, 0.05) is 18.8 Å². The molecule has 1 aliphatic rings. The van der Waals surface area contributed by atoms with Crippen LogP contribution in [0.2, 0.25) is 0 Å². The highest BCUT2D eigenvalue weighted by molar-refractivity contribution is 5.55. The summed E-state index contributed by atoms with van der Waals surface area (Å²) in [5.41, 5.74) is -0.127. The van der Waals surface area contributed by atoms with E-state index in [4.69, 9.17) is 5.26 Å². The third-order valence-corrected chi connectivity index (χ3v) is 4.73. The van der Waals surface area contributed by atoms with Crippen molar-refractivity contribution in [1.82, 2.24) is 0 Å². The molecule has 1 N–H and O–H groups in total. The Kier molecular flexibility index (Phi) is 4.77. The molecule has 0 atom stereocenters. The van der Waals surface area contributed by atoms with Crippen molar-refractivity contribution >= 4 is 5.69 Å². The van der Waals surface area contributed by atoms with E-state index in [-0.39, 0.29) is 5.92 Å². The maximum atomic E-state index is 13.5. The van der Waals surface area contributed by atoms with Crippen LogP contribution in [0.4, 0.5) is 23.2 Å². The van der Waals surface area contributed by atoms with Gasteiger partial charge in [0.15, 0.2) is 11.6 Å². The standard InChI is InChI=1S/C19H16F4N2O/c20-17-9-13(2-4-18(17)26)12-5-7-25(8-6-12)15-3-1-14(11-24)16(10-15)19(21,22)23/h1-4,9-10,12,26H,5-8H2. The van der Waals surface area contributed by atoms with Crippen LogP contribution < -0.4 is 4.90 Å². The molecule has 0 radical (unpaired) electrons. The summed E-state index contributed by atoms with van der Waals surface area (Å²) in [4.78, 5) is 1.84. The number of nitriles is 1. The molecular weight excluding hydrogens is 348 g/mol. The van der Waals surface area contributed by atoms with E-state index < -0.39 is 28.9 Å². The first-order valence-corrected chi connectivity index (χ1v) is 8.14. The summed E-state index contributed by atoms with van der Waals surface area (Å²) < 4.78 is 52.8. The fourth-order valence-electron chi connectivity index (χ4n) is 3.31. The third kappa shape index (κ3) is 3.59. The third-order valence-electron chi connectivity index (χ3n) is 4.73. The normalized spacial score (nSPS) is 15.7. The van der Waals surface area contributed by atoms with Crippen molar-refractivity contribution in [2.75, 3.05) is 18.0 Å². The second-order valence-electron chi connectivity index (χ2n) is 6.31. The lowest BCUT2D eigenvalue weighted by Gasteiger charge is -2.34. The van der Waals surface area contributed by atoms with Crippen molar-refractivity contribution in [2.24, 2.45) is 0 Å². The number of benzene rings is 2. The minimum Gasteiger partial charge on any atom is -0.505 e. The highest BCUT2D eigenvalue weighted by Crippen LogP contribution is 2.36. The van der Waals surface area contributed by atoms with Gasteiger partial charge in [-0.05, 0) is 54.7 Å². The van der Waals surface area contributed by atoms with Crippen molar-refractivity contribution in [2.45, 2.75) is 24.9 Å². The van der Waals surface area contributed by atoms with Gasteiger partial charge < -0.3 is 10.0 Å². The van der Waals surface area contributed by atoms with Crippen LogP contribution in [0, 0.1) is 17.1 Å². The van der Waals surface area contributed by atoms with E-state index in [1.54, 1.807) is 12.1 Å². The Morgan fingerprint density at radius 3 is 2.35 bits per heavy atom. The average molecular weight is 364 g/mol. The predicted molar refractivity (Wildman–Crippen MR) is 88.4 cm³/mol. The molecule has 0 aliphatic carbocycles. The molecule has 1 fully saturated rings. The van der Waals surface area contributed by atoms with E-state index in [0.717, 1.165) is 11.6 Å². The van der Waals surface area contributed by atoms with Crippen LogP contribution in [0.3, 0.4) is 0 Å². The number of hydrogen-bond donors (Lipinski definition) is 1. The predicted octanol–water partition coefficient (Wildman–Crippen LogP) is 4.81. The molecule has 1 saturated heterocycles. The van der Waals surface area contributed by atoms with Crippen LogP contribution in [0.25, 0.3) is 0 Å². The largest absolute Gasteiger partial charge is 0.505 e. The van der Waals surface area contributed by atoms with E-state index in [9.17, 15) is 22.7 Å². The van der Waals surface area contributed by atoms with E-state index >= 15 is 0 Å². The molecule has 7 heteroatoms. The maximum absolute atomic E-state index is 13.5. The molecule has 3 rings (SSSR count). The number of aromatic hydroxyl groups is 1.